The summed E-state index contributed by atoms with van der Waals surface area (Å²) in [7, 11) is 0. The predicted molar refractivity (Wildman–Crippen MR) is 76.5 cm³/mol. The zero-order valence-electron chi connectivity index (χ0n) is 11.1. The van der Waals surface area contributed by atoms with Crippen molar-refractivity contribution in [2.45, 2.75) is 32.1 Å². The summed E-state index contributed by atoms with van der Waals surface area (Å²) in [4.78, 5) is 12.2. The van der Waals surface area contributed by atoms with Crippen molar-refractivity contribution >= 4 is 17.0 Å². The van der Waals surface area contributed by atoms with Crippen LogP contribution in [0.25, 0.3) is 17.0 Å². The first-order chi connectivity index (χ1) is 9.13. The number of hydrogen-bond acceptors (Lipinski definition) is 2. The monoisotopic (exact) mass is 252 g/mol. The van der Waals surface area contributed by atoms with E-state index >= 15 is 0 Å². The van der Waals surface area contributed by atoms with Crippen LogP contribution in [-0.2, 0) is 0 Å². The fraction of sp³-hybridized carbons (Fsp3) is 0.353. The highest BCUT2D eigenvalue weighted by Gasteiger charge is 2.39. The Morgan fingerprint density at radius 3 is 2.89 bits per heavy atom. The van der Waals surface area contributed by atoms with Crippen LogP contribution in [0.15, 0.2) is 33.5 Å². The highest BCUT2D eigenvalue weighted by atomic mass is 16.3. The summed E-state index contributed by atoms with van der Waals surface area (Å²) in [6.07, 6.45) is 5.68. The van der Waals surface area contributed by atoms with Gasteiger partial charge in [0.05, 0.1) is 5.39 Å². The van der Waals surface area contributed by atoms with Gasteiger partial charge in [-0.2, -0.15) is 0 Å². The van der Waals surface area contributed by atoms with Gasteiger partial charge in [-0.25, -0.2) is 0 Å². The van der Waals surface area contributed by atoms with E-state index in [9.17, 15) is 4.79 Å². The van der Waals surface area contributed by atoms with Crippen LogP contribution in [0.5, 0.6) is 0 Å². The van der Waals surface area contributed by atoms with Gasteiger partial charge in [0.1, 0.15) is 11.3 Å². The predicted octanol–water partition coefficient (Wildman–Crippen LogP) is 4.05. The summed E-state index contributed by atoms with van der Waals surface area (Å²) < 4.78 is 5.89. The number of allylic oxidation sites excluding steroid dienone is 1. The Morgan fingerprint density at radius 1 is 1.26 bits per heavy atom. The van der Waals surface area contributed by atoms with Gasteiger partial charge in [-0.15, -0.1) is 0 Å². The molecule has 0 bridgehead atoms. The Hall–Kier alpha value is -1.83. The van der Waals surface area contributed by atoms with Crippen LogP contribution in [0.1, 0.15) is 49.0 Å². The molecule has 2 atom stereocenters. The molecule has 0 radical (unpaired) electrons. The van der Waals surface area contributed by atoms with E-state index in [1.807, 2.05) is 19.9 Å². The third kappa shape index (κ3) is 1.59. The van der Waals surface area contributed by atoms with Crippen molar-refractivity contribution in [3.8, 4) is 0 Å². The second-order valence-electron chi connectivity index (χ2n) is 6.01. The lowest BCUT2D eigenvalue weighted by molar-refractivity contribution is 0.509. The maximum absolute atomic E-state index is 12.2. The van der Waals surface area contributed by atoms with Crippen LogP contribution in [0.4, 0.5) is 0 Å². The lowest BCUT2D eigenvalue weighted by Gasteiger charge is -2.12. The van der Waals surface area contributed by atoms with Gasteiger partial charge in [-0.1, -0.05) is 26.0 Å². The molecule has 4 rings (SSSR count). The van der Waals surface area contributed by atoms with Gasteiger partial charge in [-0.05, 0) is 41.5 Å². The van der Waals surface area contributed by atoms with Gasteiger partial charge in [0.25, 0.3) is 0 Å². The molecule has 0 spiro atoms. The molecule has 1 heterocycles. The van der Waals surface area contributed by atoms with E-state index in [-0.39, 0.29) is 11.3 Å². The molecule has 1 saturated carbocycles. The van der Waals surface area contributed by atoms with E-state index in [1.165, 1.54) is 17.5 Å². The standard InChI is InChI=1S/C17H16O2/c1-9(2)16-8-15(18)14-7-13-11(6-17(14)19-16)4-3-10-5-12(10)13/h3-4,6-10,12H,5H2,1-2H3. The van der Waals surface area contributed by atoms with Gasteiger partial charge in [-0.3, -0.25) is 4.79 Å². The summed E-state index contributed by atoms with van der Waals surface area (Å²) in [6, 6.07) is 5.72. The largest absolute Gasteiger partial charge is 0.461 e. The zero-order chi connectivity index (χ0) is 13.1. The minimum Gasteiger partial charge on any atom is -0.461 e. The average molecular weight is 252 g/mol. The van der Waals surface area contributed by atoms with E-state index in [0.717, 1.165) is 16.7 Å². The van der Waals surface area contributed by atoms with Gasteiger partial charge < -0.3 is 4.42 Å². The quantitative estimate of drug-likeness (QED) is 0.766. The van der Waals surface area contributed by atoms with Crippen LogP contribution >= 0.6 is 0 Å². The Labute approximate surface area is 111 Å². The van der Waals surface area contributed by atoms with Crippen LogP contribution < -0.4 is 5.43 Å². The molecule has 2 heteroatoms. The van der Waals surface area contributed by atoms with Crippen molar-refractivity contribution in [1.82, 2.24) is 0 Å². The summed E-state index contributed by atoms with van der Waals surface area (Å²) in [5.41, 5.74) is 3.35. The molecule has 2 aliphatic rings. The second kappa shape index (κ2) is 3.60. The highest BCUT2D eigenvalue weighted by molar-refractivity contribution is 5.82. The molecule has 1 aromatic heterocycles. The third-order valence-corrected chi connectivity index (χ3v) is 4.28. The van der Waals surface area contributed by atoms with Crippen LogP contribution in [0.3, 0.4) is 0 Å². The van der Waals surface area contributed by atoms with Gasteiger partial charge in [0.2, 0.25) is 0 Å². The number of benzene rings is 1. The van der Waals surface area contributed by atoms with Crippen molar-refractivity contribution in [2.75, 3.05) is 0 Å². The van der Waals surface area contributed by atoms with E-state index in [1.54, 1.807) is 6.07 Å². The Morgan fingerprint density at radius 2 is 2.11 bits per heavy atom. The van der Waals surface area contributed by atoms with Crippen molar-refractivity contribution in [3.63, 3.8) is 0 Å². The third-order valence-electron chi connectivity index (χ3n) is 4.28. The first kappa shape index (κ1) is 11.0. The summed E-state index contributed by atoms with van der Waals surface area (Å²) in [5, 5.41) is 0.726. The molecule has 0 N–H and O–H groups in total. The Bertz CT molecular complexity index is 765. The topological polar surface area (TPSA) is 30.2 Å². The summed E-state index contributed by atoms with van der Waals surface area (Å²) in [6.45, 7) is 4.08. The number of fused-ring (bicyclic) bond motifs is 4. The minimum absolute atomic E-state index is 0.0829. The molecule has 2 aliphatic carbocycles. The minimum atomic E-state index is 0.0829. The summed E-state index contributed by atoms with van der Waals surface area (Å²) >= 11 is 0. The van der Waals surface area contributed by atoms with E-state index < -0.39 is 0 Å². The molecule has 19 heavy (non-hydrogen) atoms. The van der Waals surface area contributed by atoms with Crippen LogP contribution in [-0.4, -0.2) is 0 Å². The lowest BCUT2D eigenvalue weighted by Crippen LogP contribution is -2.05. The van der Waals surface area contributed by atoms with Crippen molar-refractivity contribution in [2.24, 2.45) is 5.92 Å². The second-order valence-corrected chi connectivity index (χ2v) is 6.01. The van der Waals surface area contributed by atoms with Gasteiger partial charge in [0, 0.05) is 12.0 Å². The van der Waals surface area contributed by atoms with Crippen molar-refractivity contribution in [3.05, 3.63) is 51.4 Å². The zero-order valence-corrected chi connectivity index (χ0v) is 11.1. The van der Waals surface area contributed by atoms with E-state index in [0.29, 0.717) is 11.8 Å². The highest BCUT2D eigenvalue weighted by Crippen LogP contribution is 2.53. The fourth-order valence-corrected chi connectivity index (χ4v) is 3.01. The molecule has 0 amide bonds. The molecule has 2 unspecified atom stereocenters. The molecule has 0 aliphatic heterocycles. The molecule has 2 aromatic rings. The Kier molecular flexibility index (Phi) is 2.09. The van der Waals surface area contributed by atoms with Gasteiger partial charge in [0.15, 0.2) is 5.43 Å². The van der Waals surface area contributed by atoms with Crippen molar-refractivity contribution < 1.29 is 4.42 Å². The van der Waals surface area contributed by atoms with Crippen LogP contribution in [0.2, 0.25) is 0 Å². The van der Waals surface area contributed by atoms with Crippen molar-refractivity contribution in [1.29, 1.82) is 0 Å². The molecule has 0 saturated heterocycles. The maximum Gasteiger partial charge on any atom is 0.192 e. The molecule has 1 fully saturated rings. The molecular formula is C17H16O2. The first-order valence-electron chi connectivity index (χ1n) is 6.93. The normalized spacial score (nSPS) is 23.5. The molecule has 2 nitrogen and oxygen atoms in total. The van der Waals surface area contributed by atoms with E-state index in [4.69, 9.17) is 4.42 Å². The Balaban J connectivity index is 2.01. The van der Waals surface area contributed by atoms with E-state index in [2.05, 4.69) is 18.2 Å². The van der Waals surface area contributed by atoms with Crippen LogP contribution in [0, 0.1) is 5.92 Å². The summed E-state index contributed by atoms with van der Waals surface area (Å²) in [5.74, 6) is 2.33. The van der Waals surface area contributed by atoms with Gasteiger partial charge >= 0.3 is 0 Å². The maximum atomic E-state index is 12.2. The molecule has 1 aromatic carbocycles. The lowest BCUT2D eigenvalue weighted by atomic mass is 9.95. The first-order valence-corrected chi connectivity index (χ1v) is 6.93. The molecule has 96 valence electrons. The number of hydrogen-bond donors (Lipinski definition) is 0. The molecular weight excluding hydrogens is 236 g/mol. The average Bonchev–Trinajstić information content (AvgIpc) is 3.16. The number of rotatable bonds is 1. The smallest absolute Gasteiger partial charge is 0.192 e. The SMILES string of the molecule is CC(C)c1cc(=O)c2cc3c(cc2o1)C=CC1CC31. The fourth-order valence-electron chi connectivity index (χ4n) is 3.01.